The van der Waals surface area contributed by atoms with Crippen LogP contribution in [0.4, 0.5) is 0 Å². The largest absolute Gasteiger partial charge is 0.344 e. The SMILES string of the molecule is CC1CCC(NS(=O)(=O)CC(=O)N(C)CC(C)(C)CN)CC1. The molecule has 0 atom stereocenters. The van der Waals surface area contributed by atoms with E-state index in [-0.39, 0.29) is 11.5 Å². The molecule has 3 N–H and O–H groups in total. The normalized spacial score (nSPS) is 23.3. The monoisotopic (exact) mass is 333 g/mol. The van der Waals surface area contributed by atoms with Gasteiger partial charge in [0.1, 0.15) is 5.75 Å². The molecule has 1 aliphatic rings. The van der Waals surface area contributed by atoms with Crippen molar-refractivity contribution >= 4 is 15.9 Å². The van der Waals surface area contributed by atoms with Gasteiger partial charge >= 0.3 is 0 Å². The molecule has 7 heteroatoms. The maximum absolute atomic E-state index is 12.1. The molecule has 1 saturated carbocycles. The van der Waals surface area contributed by atoms with Crippen LogP contribution in [0.1, 0.15) is 46.5 Å². The third-order valence-corrected chi connectivity index (χ3v) is 5.64. The Labute approximate surface area is 134 Å². The molecule has 0 saturated heterocycles. The zero-order valence-corrected chi connectivity index (χ0v) is 15.1. The number of carbonyl (C=O) groups is 1. The zero-order valence-electron chi connectivity index (χ0n) is 14.3. The van der Waals surface area contributed by atoms with Crippen molar-refractivity contribution in [3.05, 3.63) is 0 Å². The van der Waals surface area contributed by atoms with E-state index in [0.717, 1.165) is 25.7 Å². The fourth-order valence-corrected chi connectivity index (χ4v) is 4.11. The summed E-state index contributed by atoms with van der Waals surface area (Å²) in [5.41, 5.74) is 5.43. The van der Waals surface area contributed by atoms with E-state index in [1.807, 2.05) is 13.8 Å². The number of hydrogen-bond donors (Lipinski definition) is 2. The molecule has 6 nitrogen and oxygen atoms in total. The van der Waals surface area contributed by atoms with E-state index >= 15 is 0 Å². The molecule has 0 bridgehead atoms. The van der Waals surface area contributed by atoms with E-state index in [0.29, 0.717) is 19.0 Å². The van der Waals surface area contributed by atoms with Crippen molar-refractivity contribution in [3.8, 4) is 0 Å². The highest BCUT2D eigenvalue weighted by Gasteiger charge is 2.27. The smallest absolute Gasteiger partial charge is 0.238 e. The number of sulfonamides is 1. The number of nitrogens with zero attached hydrogens (tertiary/aromatic N) is 1. The van der Waals surface area contributed by atoms with Crippen LogP contribution in [0.2, 0.25) is 0 Å². The minimum absolute atomic E-state index is 0.0280. The van der Waals surface area contributed by atoms with Gasteiger partial charge in [0.25, 0.3) is 0 Å². The number of amides is 1. The van der Waals surface area contributed by atoms with Crippen molar-refractivity contribution in [3.63, 3.8) is 0 Å². The molecule has 0 aromatic rings. The lowest BCUT2D eigenvalue weighted by Crippen LogP contribution is -2.45. The molecule has 0 aromatic heterocycles. The number of carbonyl (C=O) groups excluding carboxylic acids is 1. The molecule has 22 heavy (non-hydrogen) atoms. The highest BCUT2D eigenvalue weighted by Crippen LogP contribution is 2.23. The molecule has 0 spiro atoms. The number of nitrogens with two attached hydrogens (primary N) is 1. The molecule has 1 fully saturated rings. The first-order valence-electron chi connectivity index (χ1n) is 7.99. The Kier molecular flexibility index (Phi) is 6.83. The van der Waals surface area contributed by atoms with E-state index in [4.69, 9.17) is 5.73 Å². The van der Waals surface area contributed by atoms with Crippen molar-refractivity contribution < 1.29 is 13.2 Å². The summed E-state index contributed by atoms with van der Waals surface area (Å²) >= 11 is 0. The van der Waals surface area contributed by atoms with Crippen molar-refractivity contribution in [1.29, 1.82) is 0 Å². The fraction of sp³-hybridized carbons (Fsp3) is 0.933. The summed E-state index contributed by atoms with van der Waals surface area (Å²) < 4.78 is 27.0. The van der Waals surface area contributed by atoms with Crippen LogP contribution >= 0.6 is 0 Å². The van der Waals surface area contributed by atoms with Gasteiger partial charge in [-0.2, -0.15) is 0 Å². The zero-order chi connectivity index (χ0) is 17.0. The number of hydrogen-bond acceptors (Lipinski definition) is 4. The van der Waals surface area contributed by atoms with Gasteiger partial charge < -0.3 is 10.6 Å². The first-order chi connectivity index (χ1) is 10.0. The molecule has 130 valence electrons. The van der Waals surface area contributed by atoms with Crippen LogP contribution in [0.3, 0.4) is 0 Å². The standard InChI is InChI=1S/C15H31N3O3S/c1-12-5-7-13(8-6-12)17-22(20,21)9-14(19)18(4)11-15(2,3)10-16/h12-13,17H,5-11,16H2,1-4H3. The van der Waals surface area contributed by atoms with Gasteiger partial charge in [0.05, 0.1) is 0 Å². The lowest BCUT2D eigenvalue weighted by molar-refractivity contribution is -0.128. The van der Waals surface area contributed by atoms with Gasteiger partial charge in [-0.05, 0) is 43.6 Å². The van der Waals surface area contributed by atoms with Gasteiger partial charge in [-0.25, -0.2) is 13.1 Å². The average Bonchev–Trinajstić information content (AvgIpc) is 2.40. The van der Waals surface area contributed by atoms with Crippen molar-refractivity contribution in [2.75, 3.05) is 25.9 Å². The molecule has 1 aliphatic carbocycles. The Bertz CT molecular complexity index is 468. The molecule has 0 radical (unpaired) electrons. The van der Waals surface area contributed by atoms with Crippen molar-refractivity contribution in [1.82, 2.24) is 9.62 Å². The Morgan fingerprint density at radius 1 is 1.27 bits per heavy atom. The Morgan fingerprint density at radius 2 is 1.82 bits per heavy atom. The second-order valence-electron chi connectivity index (χ2n) is 7.45. The molecule has 0 unspecified atom stereocenters. The lowest BCUT2D eigenvalue weighted by atomic mass is 9.88. The highest BCUT2D eigenvalue weighted by molar-refractivity contribution is 7.90. The molecular formula is C15H31N3O3S. The number of rotatable bonds is 7. The van der Waals surface area contributed by atoms with Gasteiger partial charge in [-0.15, -0.1) is 0 Å². The Balaban J connectivity index is 2.51. The van der Waals surface area contributed by atoms with E-state index < -0.39 is 21.7 Å². The molecule has 0 heterocycles. The third-order valence-electron chi connectivity index (χ3n) is 4.32. The first kappa shape index (κ1) is 19.4. The highest BCUT2D eigenvalue weighted by atomic mass is 32.2. The van der Waals surface area contributed by atoms with Crippen LogP contribution in [0.25, 0.3) is 0 Å². The van der Waals surface area contributed by atoms with Crippen LogP contribution < -0.4 is 10.5 Å². The maximum atomic E-state index is 12.1. The van der Waals surface area contributed by atoms with Crippen LogP contribution in [0.15, 0.2) is 0 Å². The predicted octanol–water partition coefficient (Wildman–Crippen LogP) is 0.928. The molecule has 0 aromatic carbocycles. The van der Waals surface area contributed by atoms with E-state index in [1.54, 1.807) is 7.05 Å². The summed E-state index contributed by atoms with van der Waals surface area (Å²) in [5, 5.41) is 0. The minimum atomic E-state index is -3.58. The minimum Gasteiger partial charge on any atom is -0.344 e. The van der Waals surface area contributed by atoms with Crippen molar-refractivity contribution in [2.45, 2.75) is 52.5 Å². The third kappa shape index (κ3) is 6.62. The molecule has 1 amide bonds. The first-order valence-corrected chi connectivity index (χ1v) is 9.64. The van der Waals surface area contributed by atoms with Crippen molar-refractivity contribution in [2.24, 2.45) is 17.1 Å². The van der Waals surface area contributed by atoms with E-state index in [2.05, 4.69) is 11.6 Å². The topological polar surface area (TPSA) is 92.5 Å². The van der Waals surface area contributed by atoms with Gasteiger partial charge in [0.15, 0.2) is 0 Å². The lowest BCUT2D eigenvalue weighted by Gasteiger charge is -2.30. The Hall–Kier alpha value is -0.660. The van der Waals surface area contributed by atoms with Gasteiger partial charge in [-0.1, -0.05) is 20.8 Å². The van der Waals surface area contributed by atoms with Crippen LogP contribution in [-0.2, 0) is 14.8 Å². The number of nitrogens with one attached hydrogen (secondary N) is 1. The summed E-state index contributed by atoms with van der Waals surface area (Å²) in [6.45, 7) is 6.97. The average molecular weight is 333 g/mol. The summed E-state index contributed by atoms with van der Waals surface area (Å²) in [6, 6.07) is -0.0280. The summed E-state index contributed by atoms with van der Waals surface area (Å²) in [4.78, 5) is 13.6. The summed E-state index contributed by atoms with van der Waals surface area (Å²) in [6.07, 6.45) is 3.77. The van der Waals surface area contributed by atoms with Crippen LogP contribution in [0, 0.1) is 11.3 Å². The summed E-state index contributed by atoms with van der Waals surface area (Å²) in [5.74, 6) is -0.221. The van der Waals surface area contributed by atoms with Gasteiger partial charge in [0.2, 0.25) is 15.9 Å². The van der Waals surface area contributed by atoms with E-state index in [9.17, 15) is 13.2 Å². The van der Waals surface area contributed by atoms with E-state index in [1.165, 1.54) is 4.90 Å². The quantitative estimate of drug-likeness (QED) is 0.725. The fourth-order valence-electron chi connectivity index (χ4n) is 2.74. The summed E-state index contributed by atoms with van der Waals surface area (Å²) in [7, 11) is -1.96. The van der Waals surface area contributed by atoms with Crippen LogP contribution in [-0.4, -0.2) is 51.2 Å². The Morgan fingerprint density at radius 3 is 2.32 bits per heavy atom. The van der Waals surface area contributed by atoms with Gasteiger partial charge in [-0.3, -0.25) is 4.79 Å². The second-order valence-corrected chi connectivity index (χ2v) is 9.21. The second kappa shape index (κ2) is 7.75. The maximum Gasteiger partial charge on any atom is 0.238 e. The molecule has 1 rings (SSSR count). The molecular weight excluding hydrogens is 302 g/mol. The molecule has 0 aliphatic heterocycles. The predicted molar refractivity (Wildman–Crippen MR) is 88.8 cm³/mol. The van der Waals surface area contributed by atoms with Crippen LogP contribution in [0.5, 0.6) is 0 Å². The van der Waals surface area contributed by atoms with Gasteiger partial charge in [0, 0.05) is 19.6 Å².